The van der Waals surface area contributed by atoms with Crippen molar-refractivity contribution in [2.75, 3.05) is 14.2 Å². The molecule has 2 heterocycles. The smallest absolute Gasteiger partial charge is 0.338 e. The quantitative estimate of drug-likeness (QED) is 0.509. The predicted molar refractivity (Wildman–Crippen MR) is 131 cm³/mol. The van der Waals surface area contributed by atoms with Gasteiger partial charge in [0.05, 0.1) is 42.2 Å². The lowest BCUT2D eigenvalue weighted by atomic mass is 9.96. The number of carbonyl (C=O) groups is 1. The maximum absolute atomic E-state index is 13.6. The van der Waals surface area contributed by atoms with Crippen LogP contribution in [-0.2, 0) is 9.53 Å². The van der Waals surface area contributed by atoms with Crippen LogP contribution in [0.2, 0.25) is 0 Å². The molecule has 0 aliphatic carbocycles. The molecule has 0 fully saturated rings. The molecule has 1 aromatic heterocycles. The minimum atomic E-state index is -0.666. The summed E-state index contributed by atoms with van der Waals surface area (Å²) in [5.74, 6) is 0.896. The number of hydrogen-bond donors (Lipinski definition) is 0. The highest BCUT2D eigenvalue weighted by Gasteiger charge is 2.33. The van der Waals surface area contributed by atoms with E-state index in [9.17, 15) is 9.59 Å². The monoisotopic (exact) mass is 478 g/mol. The topological polar surface area (TPSA) is 79.1 Å². The Bertz CT molecular complexity index is 1430. The lowest BCUT2D eigenvalue weighted by molar-refractivity contribution is -0.143. The summed E-state index contributed by atoms with van der Waals surface area (Å²) < 4.78 is 18.2. The van der Waals surface area contributed by atoms with Crippen molar-refractivity contribution in [1.82, 2.24) is 4.57 Å². The van der Waals surface area contributed by atoms with E-state index >= 15 is 0 Å². The first-order valence-corrected chi connectivity index (χ1v) is 11.7. The van der Waals surface area contributed by atoms with Crippen LogP contribution < -0.4 is 24.4 Å². The van der Waals surface area contributed by atoms with Gasteiger partial charge in [0.25, 0.3) is 5.56 Å². The van der Waals surface area contributed by atoms with Crippen LogP contribution in [0.15, 0.2) is 69.6 Å². The number of benzene rings is 2. The summed E-state index contributed by atoms with van der Waals surface area (Å²) in [4.78, 5) is 31.9. The summed E-state index contributed by atoms with van der Waals surface area (Å²) in [5.41, 5.74) is 2.25. The third kappa shape index (κ3) is 4.54. The van der Waals surface area contributed by atoms with E-state index in [1.165, 1.54) is 11.3 Å². The summed E-state index contributed by atoms with van der Waals surface area (Å²) in [5, 5.41) is 0. The molecule has 0 N–H and O–H groups in total. The van der Waals surface area contributed by atoms with E-state index in [0.717, 1.165) is 11.1 Å². The van der Waals surface area contributed by atoms with Crippen LogP contribution in [0, 0.1) is 0 Å². The maximum Gasteiger partial charge on any atom is 0.338 e. The minimum Gasteiger partial charge on any atom is -0.497 e. The average Bonchev–Trinajstić information content (AvgIpc) is 3.12. The Balaban J connectivity index is 1.92. The van der Waals surface area contributed by atoms with Crippen LogP contribution >= 0.6 is 11.3 Å². The summed E-state index contributed by atoms with van der Waals surface area (Å²) in [6.07, 6.45) is 1.50. The number of allylic oxidation sites excluding steroid dienone is 1. The molecule has 1 aliphatic heterocycles. The number of methoxy groups -OCH3 is 2. The van der Waals surface area contributed by atoms with Gasteiger partial charge in [0, 0.05) is 0 Å². The van der Waals surface area contributed by atoms with E-state index in [2.05, 4.69) is 4.99 Å². The van der Waals surface area contributed by atoms with Gasteiger partial charge in [0.1, 0.15) is 11.5 Å². The molecule has 34 heavy (non-hydrogen) atoms. The molecule has 1 atom stereocenters. The molecule has 7 nitrogen and oxygen atoms in total. The van der Waals surface area contributed by atoms with Crippen molar-refractivity contribution in [3.05, 3.63) is 90.6 Å². The van der Waals surface area contributed by atoms with Gasteiger partial charge in [0.15, 0.2) is 4.80 Å². The third-order valence-corrected chi connectivity index (χ3v) is 6.39. The molecule has 8 heteroatoms. The standard InChI is InChI=1S/C26H26N2O5S/c1-15(2)33-25(30)22-16(3)27-26-28(23(22)18-9-11-19(31-4)12-10-18)24(29)21(34-26)14-17-7-6-8-20(13-17)32-5/h6-15,23H,1-5H3/b21-14-. The molecule has 2 aromatic carbocycles. The zero-order valence-corrected chi connectivity index (χ0v) is 20.5. The average molecular weight is 479 g/mol. The lowest BCUT2D eigenvalue weighted by Gasteiger charge is -2.25. The van der Waals surface area contributed by atoms with Gasteiger partial charge in [-0.1, -0.05) is 35.6 Å². The Morgan fingerprint density at radius 2 is 1.79 bits per heavy atom. The SMILES string of the molecule is COc1ccc(C2C(C(=O)OC(C)C)=C(C)N=c3s/c(=C\c4cccc(OC)c4)c(=O)n32)cc1. The molecular formula is C26H26N2O5S. The molecule has 0 saturated carbocycles. The molecular weight excluding hydrogens is 452 g/mol. The molecule has 0 saturated heterocycles. The summed E-state index contributed by atoms with van der Waals surface area (Å²) in [6.45, 7) is 5.35. The number of hydrogen-bond acceptors (Lipinski definition) is 7. The Morgan fingerprint density at radius 1 is 1.09 bits per heavy atom. The molecule has 0 radical (unpaired) electrons. The van der Waals surface area contributed by atoms with Gasteiger partial charge in [-0.05, 0) is 62.2 Å². The number of fused-ring (bicyclic) bond motifs is 1. The van der Waals surface area contributed by atoms with Gasteiger partial charge in [-0.3, -0.25) is 9.36 Å². The Labute approximate surface area is 201 Å². The molecule has 3 aromatic rings. The van der Waals surface area contributed by atoms with Crippen LogP contribution in [0.1, 0.15) is 37.9 Å². The van der Waals surface area contributed by atoms with Crippen molar-refractivity contribution < 1.29 is 19.0 Å². The molecule has 176 valence electrons. The number of rotatable bonds is 6. The van der Waals surface area contributed by atoms with Crippen molar-refractivity contribution in [2.45, 2.75) is 32.9 Å². The van der Waals surface area contributed by atoms with E-state index in [1.807, 2.05) is 54.6 Å². The van der Waals surface area contributed by atoms with Gasteiger partial charge in [-0.2, -0.15) is 0 Å². The van der Waals surface area contributed by atoms with Crippen LogP contribution in [0.3, 0.4) is 0 Å². The van der Waals surface area contributed by atoms with Gasteiger partial charge in [-0.25, -0.2) is 9.79 Å². The second kappa shape index (κ2) is 9.69. The van der Waals surface area contributed by atoms with Crippen molar-refractivity contribution in [3.63, 3.8) is 0 Å². The Morgan fingerprint density at radius 3 is 2.44 bits per heavy atom. The van der Waals surface area contributed by atoms with E-state index in [1.54, 1.807) is 39.6 Å². The molecule has 1 aliphatic rings. The normalized spacial score (nSPS) is 15.7. The molecule has 0 amide bonds. The van der Waals surface area contributed by atoms with Crippen molar-refractivity contribution in [3.8, 4) is 11.5 Å². The summed E-state index contributed by atoms with van der Waals surface area (Å²) >= 11 is 1.28. The largest absolute Gasteiger partial charge is 0.497 e. The van der Waals surface area contributed by atoms with E-state index in [4.69, 9.17) is 14.2 Å². The van der Waals surface area contributed by atoms with Gasteiger partial charge in [-0.15, -0.1) is 0 Å². The van der Waals surface area contributed by atoms with Crippen LogP contribution in [0.4, 0.5) is 0 Å². The van der Waals surface area contributed by atoms with Gasteiger partial charge in [0.2, 0.25) is 0 Å². The Kier molecular flexibility index (Phi) is 6.70. The fourth-order valence-electron chi connectivity index (χ4n) is 3.84. The highest BCUT2D eigenvalue weighted by Crippen LogP contribution is 2.31. The van der Waals surface area contributed by atoms with Crippen molar-refractivity contribution in [1.29, 1.82) is 0 Å². The number of ether oxygens (including phenoxy) is 3. The Hall–Kier alpha value is -3.65. The van der Waals surface area contributed by atoms with Crippen LogP contribution in [0.25, 0.3) is 6.08 Å². The number of aromatic nitrogens is 1. The summed E-state index contributed by atoms with van der Waals surface area (Å²) in [7, 11) is 3.19. The highest BCUT2D eigenvalue weighted by atomic mass is 32.1. The zero-order chi connectivity index (χ0) is 24.4. The van der Waals surface area contributed by atoms with Gasteiger partial charge < -0.3 is 14.2 Å². The molecule has 1 unspecified atom stereocenters. The fourth-order valence-corrected chi connectivity index (χ4v) is 4.89. The van der Waals surface area contributed by atoms with E-state index < -0.39 is 12.0 Å². The third-order valence-electron chi connectivity index (χ3n) is 5.41. The van der Waals surface area contributed by atoms with Crippen LogP contribution in [0.5, 0.6) is 11.5 Å². The summed E-state index contributed by atoms with van der Waals surface area (Å²) in [6, 6.07) is 14.1. The zero-order valence-electron chi connectivity index (χ0n) is 19.7. The number of nitrogens with zero attached hydrogens (tertiary/aromatic N) is 2. The lowest BCUT2D eigenvalue weighted by Crippen LogP contribution is -2.40. The maximum atomic E-state index is 13.6. The number of carbonyl (C=O) groups excluding carboxylic acids is 1. The van der Waals surface area contributed by atoms with Crippen molar-refractivity contribution in [2.24, 2.45) is 4.99 Å². The first kappa shape index (κ1) is 23.5. The fraction of sp³-hybridized carbons (Fsp3) is 0.269. The molecule has 0 bridgehead atoms. The second-order valence-electron chi connectivity index (χ2n) is 8.09. The predicted octanol–water partition coefficient (Wildman–Crippen LogP) is 3.20. The molecule has 4 rings (SSSR count). The van der Waals surface area contributed by atoms with Gasteiger partial charge >= 0.3 is 5.97 Å². The number of esters is 1. The van der Waals surface area contributed by atoms with Crippen molar-refractivity contribution >= 4 is 23.4 Å². The second-order valence-corrected chi connectivity index (χ2v) is 9.09. The van der Waals surface area contributed by atoms with Crippen LogP contribution in [-0.4, -0.2) is 30.9 Å². The van der Waals surface area contributed by atoms with E-state index in [-0.39, 0.29) is 11.7 Å². The number of thiazole rings is 1. The minimum absolute atomic E-state index is 0.227. The molecule has 0 spiro atoms. The van der Waals surface area contributed by atoms with E-state index in [0.29, 0.717) is 32.1 Å². The first-order chi connectivity index (χ1) is 16.3. The highest BCUT2D eigenvalue weighted by molar-refractivity contribution is 7.07. The first-order valence-electron chi connectivity index (χ1n) is 10.8.